The smallest absolute Gasteiger partial charge is 0.394 e. The van der Waals surface area contributed by atoms with Crippen LogP contribution in [0.1, 0.15) is 11.8 Å². The molecular weight excluding hydrogens is 321 g/mol. The highest BCUT2D eigenvalue weighted by atomic mass is 31.2. The number of ether oxygens (including phenoxy) is 1. The molecule has 2 heterocycles. The molecule has 124 valence electrons. The Morgan fingerprint density at radius 2 is 2.18 bits per heavy atom. The minimum atomic E-state index is -4.92. The number of nitrogens with zero attached hydrogens (tertiary/aromatic N) is 2. The highest BCUT2D eigenvalue weighted by Gasteiger charge is 2.48. The second-order valence-electron chi connectivity index (χ2n) is 4.80. The summed E-state index contributed by atoms with van der Waals surface area (Å²) in [7, 11) is -4.92. The number of aliphatic hydroxyl groups excluding tert-OH is 2. The van der Waals surface area contributed by atoms with Crippen molar-refractivity contribution in [3.63, 3.8) is 0 Å². The van der Waals surface area contributed by atoms with Gasteiger partial charge in [0.1, 0.15) is 24.1 Å². The van der Waals surface area contributed by atoms with E-state index in [4.69, 9.17) is 20.3 Å². The van der Waals surface area contributed by atoms with Crippen LogP contribution in [0.3, 0.4) is 0 Å². The molecule has 1 saturated heterocycles. The quantitative estimate of drug-likeness (QED) is 0.381. The summed E-state index contributed by atoms with van der Waals surface area (Å²) in [6, 6.07) is 0. The monoisotopic (exact) mass is 337 g/mol. The maximum absolute atomic E-state index is 11.8. The number of anilines is 1. The number of phosphoric acid groups is 1. The van der Waals surface area contributed by atoms with E-state index < -0.39 is 44.7 Å². The SMILES string of the molecule is Cc1cn(C2OC(CO)C(OP(=O)(O)O)C2O)c(=O)nc1N. The molecule has 0 aromatic carbocycles. The maximum atomic E-state index is 11.8. The van der Waals surface area contributed by atoms with Crippen LogP contribution in [-0.2, 0) is 13.8 Å². The van der Waals surface area contributed by atoms with Crippen LogP contribution >= 0.6 is 7.82 Å². The predicted octanol–water partition coefficient (Wildman–Crippen LogP) is -2.14. The average molecular weight is 337 g/mol. The van der Waals surface area contributed by atoms with Gasteiger partial charge in [0, 0.05) is 11.8 Å². The first-order chi connectivity index (χ1) is 10.1. The van der Waals surface area contributed by atoms with Gasteiger partial charge in [-0.05, 0) is 6.92 Å². The highest BCUT2D eigenvalue weighted by Crippen LogP contribution is 2.43. The van der Waals surface area contributed by atoms with Gasteiger partial charge in [-0.3, -0.25) is 9.09 Å². The second-order valence-corrected chi connectivity index (χ2v) is 5.99. The summed E-state index contributed by atoms with van der Waals surface area (Å²) >= 11 is 0. The number of hydrogen-bond donors (Lipinski definition) is 5. The molecule has 1 fully saturated rings. The van der Waals surface area contributed by atoms with E-state index in [9.17, 15) is 19.6 Å². The van der Waals surface area contributed by atoms with Crippen molar-refractivity contribution in [1.29, 1.82) is 0 Å². The standard InChI is InChI=1S/C10H16N3O8P/c1-4-2-13(10(16)12-8(4)11)9-6(15)7(5(3-14)20-9)21-22(17,18)19/h2,5-7,9,14-15H,3H2,1H3,(H2,11,12,16)(H2,17,18,19). The number of nitrogens with two attached hydrogens (primary N) is 1. The summed E-state index contributed by atoms with van der Waals surface area (Å²) in [5.41, 5.74) is 5.11. The van der Waals surface area contributed by atoms with Gasteiger partial charge in [0.05, 0.1) is 6.61 Å². The largest absolute Gasteiger partial charge is 0.470 e. The van der Waals surface area contributed by atoms with Crippen LogP contribution in [0.4, 0.5) is 5.82 Å². The fourth-order valence-corrected chi connectivity index (χ4v) is 2.72. The molecule has 0 saturated carbocycles. The van der Waals surface area contributed by atoms with Gasteiger partial charge >= 0.3 is 13.5 Å². The number of aromatic nitrogens is 2. The molecule has 1 aromatic heterocycles. The fraction of sp³-hybridized carbons (Fsp3) is 0.600. The van der Waals surface area contributed by atoms with Crippen molar-refractivity contribution in [2.75, 3.05) is 12.3 Å². The number of aryl methyl sites for hydroxylation is 1. The van der Waals surface area contributed by atoms with E-state index >= 15 is 0 Å². The number of hydrogen-bond acceptors (Lipinski definition) is 8. The summed E-state index contributed by atoms with van der Waals surface area (Å²) in [5, 5.41) is 19.3. The van der Waals surface area contributed by atoms with Crippen molar-refractivity contribution in [2.24, 2.45) is 0 Å². The molecule has 2 rings (SSSR count). The molecule has 0 amide bonds. The summed E-state index contributed by atoms with van der Waals surface area (Å²) in [4.78, 5) is 33.1. The Bertz CT molecular complexity index is 658. The molecular formula is C10H16N3O8P. The Kier molecular flexibility index (Phi) is 4.68. The third-order valence-electron chi connectivity index (χ3n) is 3.20. The normalized spacial score (nSPS) is 29.0. The maximum Gasteiger partial charge on any atom is 0.470 e. The first-order valence-electron chi connectivity index (χ1n) is 6.17. The molecule has 6 N–H and O–H groups in total. The second kappa shape index (κ2) is 6.05. The summed E-state index contributed by atoms with van der Waals surface area (Å²) in [5.74, 6) is 0.00969. The minimum Gasteiger partial charge on any atom is -0.394 e. The van der Waals surface area contributed by atoms with Crippen LogP contribution in [0, 0.1) is 6.92 Å². The van der Waals surface area contributed by atoms with Crippen LogP contribution in [0.25, 0.3) is 0 Å². The lowest BCUT2D eigenvalue weighted by atomic mass is 10.1. The number of rotatable bonds is 4. The Morgan fingerprint density at radius 1 is 1.55 bits per heavy atom. The molecule has 1 aliphatic rings. The predicted molar refractivity (Wildman–Crippen MR) is 71.6 cm³/mol. The van der Waals surface area contributed by atoms with Crippen LogP contribution < -0.4 is 11.4 Å². The molecule has 0 bridgehead atoms. The van der Waals surface area contributed by atoms with Crippen LogP contribution in [0.2, 0.25) is 0 Å². The van der Waals surface area contributed by atoms with Crippen molar-refractivity contribution < 1.29 is 33.8 Å². The zero-order valence-electron chi connectivity index (χ0n) is 11.4. The molecule has 0 radical (unpaired) electrons. The van der Waals surface area contributed by atoms with Gasteiger partial charge in [0.25, 0.3) is 0 Å². The lowest BCUT2D eigenvalue weighted by Gasteiger charge is -2.20. The summed E-state index contributed by atoms with van der Waals surface area (Å²) < 4.78 is 21.5. The van der Waals surface area contributed by atoms with Crippen molar-refractivity contribution >= 4 is 13.6 Å². The zero-order chi connectivity index (χ0) is 16.7. The molecule has 12 heteroatoms. The van der Waals surface area contributed by atoms with Crippen molar-refractivity contribution in [3.05, 3.63) is 22.2 Å². The van der Waals surface area contributed by atoms with E-state index in [0.29, 0.717) is 5.56 Å². The summed E-state index contributed by atoms with van der Waals surface area (Å²) in [6.07, 6.45) is -4.38. The van der Waals surface area contributed by atoms with Gasteiger partial charge < -0.3 is 30.5 Å². The van der Waals surface area contributed by atoms with Gasteiger partial charge in [0.2, 0.25) is 0 Å². The third-order valence-corrected chi connectivity index (χ3v) is 3.71. The number of phosphoric ester groups is 1. The van der Waals surface area contributed by atoms with Gasteiger partial charge in [-0.1, -0.05) is 0 Å². The molecule has 11 nitrogen and oxygen atoms in total. The average Bonchev–Trinajstić information content (AvgIpc) is 2.69. The van der Waals surface area contributed by atoms with E-state index in [0.717, 1.165) is 4.57 Å². The van der Waals surface area contributed by atoms with Crippen molar-refractivity contribution in [3.8, 4) is 0 Å². The van der Waals surface area contributed by atoms with E-state index in [1.165, 1.54) is 6.20 Å². The Hall–Kier alpha value is -1.33. The minimum absolute atomic E-state index is 0.00969. The molecule has 0 spiro atoms. The van der Waals surface area contributed by atoms with Crippen molar-refractivity contribution in [2.45, 2.75) is 31.5 Å². The Morgan fingerprint density at radius 3 is 2.73 bits per heavy atom. The highest BCUT2D eigenvalue weighted by molar-refractivity contribution is 7.46. The first kappa shape index (κ1) is 17.0. The van der Waals surface area contributed by atoms with E-state index in [2.05, 4.69) is 9.51 Å². The third kappa shape index (κ3) is 3.36. The van der Waals surface area contributed by atoms with Crippen LogP contribution in [0.15, 0.2) is 11.0 Å². The molecule has 1 aliphatic heterocycles. The molecule has 22 heavy (non-hydrogen) atoms. The van der Waals surface area contributed by atoms with Gasteiger partial charge in [-0.15, -0.1) is 0 Å². The molecule has 4 atom stereocenters. The lowest BCUT2D eigenvalue weighted by Crippen LogP contribution is -2.37. The number of nitrogen functional groups attached to an aromatic ring is 1. The first-order valence-corrected chi connectivity index (χ1v) is 7.70. The van der Waals surface area contributed by atoms with Crippen LogP contribution in [-0.4, -0.2) is 54.5 Å². The Labute approximate surface area is 124 Å². The van der Waals surface area contributed by atoms with Crippen molar-refractivity contribution in [1.82, 2.24) is 9.55 Å². The number of aliphatic hydroxyl groups is 2. The topological polar surface area (TPSA) is 177 Å². The van der Waals surface area contributed by atoms with Gasteiger partial charge in [0.15, 0.2) is 6.23 Å². The fourth-order valence-electron chi connectivity index (χ4n) is 2.15. The Balaban J connectivity index is 2.36. The van der Waals surface area contributed by atoms with E-state index in [1.807, 2.05) is 0 Å². The molecule has 1 aromatic rings. The summed E-state index contributed by atoms with van der Waals surface area (Å²) in [6.45, 7) is 0.904. The zero-order valence-corrected chi connectivity index (χ0v) is 12.3. The van der Waals surface area contributed by atoms with Gasteiger partial charge in [-0.2, -0.15) is 4.98 Å². The van der Waals surface area contributed by atoms with Crippen LogP contribution in [0.5, 0.6) is 0 Å². The molecule has 0 aliphatic carbocycles. The van der Waals surface area contributed by atoms with E-state index in [-0.39, 0.29) is 5.82 Å². The lowest BCUT2D eigenvalue weighted by molar-refractivity contribution is -0.0548. The van der Waals surface area contributed by atoms with E-state index in [1.54, 1.807) is 6.92 Å². The molecule has 4 unspecified atom stereocenters. The van der Waals surface area contributed by atoms with Gasteiger partial charge in [-0.25, -0.2) is 9.36 Å².